The van der Waals surface area contributed by atoms with Crippen LogP contribution in [0.3, 0.4) is 0 Å². The Kier molecular flexibility index (Phi) is 3.19. The van der Waals surface area contributed by atoms with Gasteiger partial charge in [0.05, 0.1) is 0 Å². The van der Waals surface area contributed by atoms with Gasteiger partial charge in [0.15, 0.2) is 0 Å². The van der Waals surface area contributed by atoms with E-state index < -0.39 is 0 Å². The number of H-pyrrole nitrogens is 1. The van der Waals surface area contributed by atoms with Crippen LogP contribution < -0.4 is 5.32 Å². The zero-order chi connectivity index (χ0) is 9.97. The molecule has 14 heavy (non-hydrogen) atoms. The summed E-state index contributed by atoms with van der Waals surface area (Å²) in [7, 11) is 0. The van der Waals surface area contributed by atoms with Crippen molar-refractivity contribution in [1.29, 1.82) is 0 Å². The average molecular weight is 210 g/mol. The lowest BCUT2D eigenvalue weighted by Crippen LogP contribution is -2.28. The third-order valence-corrected chi connectivity index (χ3v) is 3.93. The van der Waals surface area contributed by atoms with Crippen LogP contribution in [0.5, 0.6) is 0 Å². The number of aromatic nitrogens is 1. The number of thioether (sulfide) groups is 1. The summed E-state index contributed by atoms with van der Waals surface area (Å²) >= 11 is 2.06. The van der Waals surface area contributed by atoms with Crippen molar-refractivity contribution in [2.24, 2.45) is 0 Å². The van der Waals surface area contributed by atoms with Gasteiger partial charge in [0, 0.05) is 29.7 Å². The summed E-state index contributed by atoms with van der Waals surface area (Å²) in [6.07, 6.45) is 1.33. The van der Waals surface area contributed by atoms with Gasteiger partial charge >= 0.3 is 0 Å². The van der Waals surface area contributed by atoms with E-state index in [-0.39, 0.29) is 0 Å². The topological polar surface area (TPSA) is 27.8 Å². The van der Waals surface area contributed by atoms with E-state index in [0.717, 1.165) is 12.6 Å². The molecule has 1 fully saturated rings. The number of hydrogen-bond donors (Lipinski definition) is 2. The van der Waals surface area contributed by atoms with Crippen LogP contribution in [0.2, 0.25) is 0 Å². The van der Waals surface area contributed by atoms with Crippen LogP contribution in [0.4, 0.5) is 0 Å². The molecule has 1 aliphatic heterocycles. The largest absolute Gasteiger partial charge is 0.362 e. The van der Waals surface area contributed by atoms with Gasteiger partial charge in [0.1, 0.15) is 0 Å². The van der Waals surface area contributed by atoms with Crippen LogP contribution >= 0.6 is 11.8 Å². The Balaban J connectivity index is 1.87. The Hall–Kier alpha value is -0.410. The third-order valence-electron chi connectivity index (χ3n) is 2.77. The van der Waals surface area contributed by atoms with Gasteiger partial charge in [-0.05, 0) is 37.7 Å². The third kappa shape index (κ3) is 2.34. The molecule has 0 saturated carbocycles. The van der Waals surface area contributed by atoms with E-state index in [1.54, 1.807) is 0 Å². The van der Waals surface area contributed by atoms with Gasteiger partial charge in [-0.15, -0.1) is 0 Å². The van der Waals surface area contributed by atoms with Crippen molar-refractivity contribution in [3.05, 3.63) is 23.0 Å². The fraction of sp³-hybridized carbons (Fsp3) is 0.636. The lowest BCUT2D eigenvalue weighted by molar-refractivity contribution is 0.557. The summed E-state index contributed by atoms with van der Waals surface area (Å²) in [6.45, 7) is 5.27. The molecule has 2 rings (SSSR count). The quantitative estimate of drug-likeness (QED) is 0.800. The predicted molar refractivity (Wildman–Crippen MR) is 62.8 cm³/mol. The molecule has 2 N–H and O–H groups in total. The minimum Gasteiger partial charge on any atom is -0.362 e. The van der Waals surface area contributed by atoms with Gasteiger partial charge in [-0.25, -0.2) is 0 Å². The van der Waals surface area contributed by atoms with Gasteiger partial charge in [-0.1, -0.05) is 0 Å². The second-order valence-corrected chi connectivity index (χ2v) is 5.19. The standard InChI is InChI=1S/C11H18N2S/c1-8-5-10(9(2)13-8)6-12-11-3-4-14-7-11/h5,11-13H,3-4,6-7H2,1-2H3. The Bertz CT molecular complexity index is 300. The first kappa shape index (κ1) is 10.1. The summed E-state index contributed by atoms with van der Waals surface area (Å²) in [6, 6.07) is 2.97. The maximum atomic E-state index is 3.61. The van der Waals surface area contributed by atoms with Crippen molar-refractivity contribution in [1.82, 2.24) is 10.3 Å². The van der Waals surface area contributed by atoms with Gasteiger partial charge in [0.25, 0.3) is 0 Å². The predicted octanol–water partition coefficient (Wildman–Crippen LogP) is 2.23. The Morgan fingerprint density at radius 3 is 3.00 bits per heavy atom. The second kappa shape index (κ2) is 4.41. The molecule has 2 heterocycles. The first-order valence-electron chi connectivity index (χ1n) is 5.22. The van der Waals surface area contributed by atoms with Gasteiger partial charge in [0.2, 0.25) is 0 Å². The molecule has 1 aromatic heterocycles. The molecule has 0 aliphatic carbocycles. The first-order chi connectivity index (χ1) is 6.75. The summed E-state index contributed by atoms with van der Waals surface area (Å²) in [4.78, 5) is 3.34. The summed E-state index contributed by atoms with van der Waals surface area (Å²) in [5.74, 6) is 2.60. The highest BCUT2D eigenvalue weighted by Crippen LogP contribution is 2.18. The Morgan fingerprint density at radius 1 is 1.57 bits per heavy atom. The van der Waals surface area contributed by atoms with Crippen molar-refractivity contribution in [3.8, 4) is 0 Å². The molecule has 0 amide bonds. The van der Waals surface area contributed by atoms with Gasteiger partial charge in [-0.2, -0.15) is 11.8 Å². The van der Waals surface area contributed by atoms with E-state index in [9.17, 15) is 0 Å². The zero-order valence-electron chi connectivity index (χ0n) is 8.89. The van der Waals surface area contributed by atoms with Crippen LogP contribution in [0, 0.1) is 13.8 Å². The van der Waals surface area contributed by atoms with Crippen LogP contribution in [-0.2, 0) is 6.54 Å². The van der Waals surface area contributed by atoms with E-state index >= 15 is 0 Å². The molecule has 1 atom stereocenters. The number of aryl methyl sites for hydroxylation is 2. The summed E-state index contributed by atoms with van der Waals surface area (Å²) in [5.41, 5.74) is 3.99. The highest BCUT2D eigenvalue weighted by molar-refractivity contribution is 7.99. The molecule has 1 aromatic rings. The lowest BCUT2D eigenvalue weighted by atomic mass is 10.2. The van der Waals surface area contributed by atoms with E-state index in [4.69, 9.17) is 0 Å². The van der Waals surface area contributed by atoms with Crippen molar-refractivity contribution in [3.63, 3.8) is 0 Å². The monoisotopic (exact) mass is 210 g/mol. The molecule has 0 spiro atoms. The highest BCUT2D eigenvalue weighted by atomic mass is 32.2. The minimum atomic E-state index is 0.731. The molecule has 0 radical (unpaired) electrons. The van der Waals surface area contributed by atoms with Gasteiger partial charge in [-0.3, -0.25) is 0 Å². The number of rotatable bonds is 3. The average Bonchev–Trinajstić information content (AvgIpc) is 2.72. The minimum absolute atomic E-state index is 0.731. The van der Waals surface area contributed by atoms with E-state index in [2.05, 4.69) is 42.0 Å². The molecule has 3 heteroatoms. The molecular formula is C11H18N2S. The maximum absolute atomic E-state index is 3.61. The maximum Gasteiger partial charge on any atom is 0.0226 e. The molecule has 0 bridgehead atoms. The van der Waals surface area contributed by atoms with Crippen LogP contribution in [0.25, 0.3) is 0 Å². The van der Waals surface area contributed by atoms with Crippen LogP contribution in [-0.4, -0.2) is 22.5 Å². The molecule has 1 saturated heterocycles. The van der Waals surface area contributed by atoms with Crippen LogP contribution in [0.15, 0.2) is 6.07 Å². The molecule has 0 aromatic carbocycles. The highest BCUT2D eigenvalue weighted by Gasteiger charge is 2.14. The molecule has 1 unspecified atom stereocenters. The summed E-state index contributed by atoms with van der Waals surface area (Å²) < 4.78 is 0. The van der Waals surface area contributed by atoms with Gasteiger partial charge < -0.3 is 10.3 Å². The Labute approximate surface area is 89.9 Å². The van der Waals surface area contributed by atoms with E-state index in [1.165, 1.54) is 34.9 Å². The SMILES string of the molecule is Cc1cc(CNC2CCSC2)c(C)[nH]1. The molecule has 2 nitrogen and oxygen atoms in total. The summed E-state index contributed by atoms with van der Waals surface area (Å²) in [5, 5.41) is 3.61. The number of hydrogen-bond acceptors (Lipinski definition) is 2. The lowest BCUT2D eigenvalue weighted by Gasteiger charge is -2.10. The second-order valence-electron chi connectivity index (χ2n) is 4.04. The van der Waals surface area contributed by atoms with Crippen LogP contribution in [0.1, 0.15) is 23.4 Å². The van der Waals surface area contributed by atoms with E-state index in [0.29, 0.717) is 0 Å². The Morgan fingerprint density at radius 2 is 2.43 bits per heavy atom. The zero-order valence-corrected chi connectivity index (χ0v) is 9.71. The smallest absolute Gasteiger partial charge is 0.0226 e. The fourth-order valence-corrected chi connectivity index (χ4v) is 3.10. The normalized spacial score (nSPS) is 21.7. The van der Waals surface area contributed by atoms with Crippen molar-refractivity contribution < 1.29 is 0 Å². The molecule has 1 aliphatic rings. The van der Waals surface area contributed by atoms with Crippen molar-refractivity contribution >= 4 is 11.8 Å². The molecule has 78 valence electrons. The molecular weight excluding hydrogens is 192 g/mol. The van der Waals surface area contributed by atoms with E-state index in [1.807, 2.05) is 0 Å². The number of nitrogens with one attached hydrogen (secondary N) is 2. The van der Waals surface area contributed by atoms with Crippen molar-refractivity contribution in [2.45, 2.75) is 32.9 Å². The van der Waals surface area contributed by atoms with Crippen molar-refractivity contribution in [2.75, 3.05) is 11.5 Å². The number of aromatic amines is 1. The fourth-order valence-electron chi connectivity index (χ4n) is 1.92. The first-order valence-corrected chi connectivity index (χ1v) is 6.37.